The minimum absolute atomic E-state index is 0.286. The molecule has 0 spiro atoms. The molecule has 2 rings (SSSR count). The average Bonchev–Trinajstić information content (AvgIpc) is 2.44. The maximum Gasteiger partial charge on any atom is 0.0874 e. The summed E-state index contributed by atoms with van der Waals surface area (Å²) < 4.78 is 0.917. The third kappa shape index (κ3) is 3.79. The van der Waals surface area contributed by atoms with Crippen LogP contribution in [0.4, 0.5) is 0 Å². The molecule has 21 heavy (non-hydrogen) atoms. The Morgan fingerprint density at radius 2 is 1.86 bits per heavy atom. The second-order valence-corrected chi connectivity index (χ2v) is 6.71. The van der Waals surface area contributed by atoms with Crippen molar-refractivity contribution in [2.45, 2.75) is 18.9 Å². The molecule has 0 radical (unpaired) electrons. The average molecular weight is 389 g/mol. The van der Waals surface area contributed by atoms with Gasteiger partial charge >= 0.3 is 0 Å². The Kier molecular flexibility index (Phi) is 5.69. The standard InChI is InChI=1S/C16H16BrCl2NO/c1-9-2-3-10(17)6-13(9)16(21)14(8-20)12-5-4-11(18)7-15(12)19/h2-7,14,16,21H,8,20H2,1H3. The lowest BCUT2D eigenvalue weighted by Gasteiger charge is -2.25. The second-order valence-electron chi connectivity index (χ2n) is 4.95. The summed E-state index contributed by atoms with van der Waals surface area (Å²) in [5.41, 5.74) is 8.52. The van der Waals surface area contributed by atoms with E-state index in [0.717, 1.165) is 21.2 Å². The van der Waals surface area contributed by atoms with Gasteiger partial charge in [-0.25, -0.2) is 0 Å². The van der Waals surface area contributed by atoms with Crippen LogP contribution in [0.1, 0.15) is 28.7 Å². The van der Waals surface area contributed by atoms with Gasteiger partial charge in [0.15, 0.2) is 0 Å². The van der Waals surface area contributed by atoms with E-state index in [2.05, 4.69) is 15.9 Å². The van der Waals surface area contributed by atoms with Gasteiger partial charge in [-0.1, -0.05) is 51.3 Å². The Balaban J connectivity index is 2.43. The zero-order valence-corrected chi connectivity index (χ0v) is 14.6. The Hall–Kier alpha value is -0.580. The van der Waals surface area contributed by atoms with Crippen molar-refractivity contribution in [2.24, 2.45) is 5.73 Å². The topological polar surface area (TPSA) is 46.2 Å². The van der Waals surface area contributed by atoms with Crippen LogP contribution in [0.2, 0.25) is 10.0 Å². The van der Waals surface area contributed by atoms with Crippen LogP contribution >= 0.6 is 39.1 Å². The van der Waals surface area contributed by atoms with Crippen LogP contribution < -0.4 is 5.73 Å². The molecule has 0 bridgehead atoms. The summed E-state index contributed by atoms with van der Waals surface area (Å²) in [4.78, 5) is 0. The molecule has 112 valence electrons. The fourth-order valence-electron chi connectivity index (χ4n) is 2.37. The predicted octanol–water partition coefficient (Wildman–Crippen LogP) is 4.84. The van der Waals surface area contributed by atoms with E-state index in [4.69, 9.17) is 28.9 Å². The number of halogens is 3. The van der Waals surface area contributed by atoms with E-state index in [-0.39, 0.29) is 12.5 Å². The highest BCUT2D eigenvalue weighted by Gasteiger charge is 2.25. The molecule has 0 aliphatic carbocycles. The lowest BCUT2D eigenvalue weighted by Crippen LogP contribution is -2.21. The van der Waals surface area contributed by atoms with Gasteiger partial charge in [0.05, 0.1) is 6.10 Å². The Morgan fingerprint density at radius 1 is 1.14 bits per heavy atom. The van der Waals surface area contributed by atoms with Gasteiger partial charge in [0.25, 0.3) is 0 Å². The van der Waals surface area contributed by atoms with Crippen molar-refractivity contribution in [3.63, 3.8) is 0 Å². The molecule has 2 aromatic rings. The number of hydrogen-bond donors (Lipinski definition) is 2. The Morgan fingerprint density at radius 3 is 2.48 bits per heavy atom. The van der Waals surface area contributed by atoms with E-state index in [9.17, 15) is 5.11 Å². The van der Waals surface area contributed by atoms with Gasteiger partial charge in [0.1, 0.15) is 0 Å². The minimum Gasteiger partial charge on any atom is -0.388 e. The highest BCUT2D eigenvalue weighted by atomic mass is 79.9. The molecule has 5 heteroatoms. The molecule has 0 amide bonds. The van der Waals surface area contributed by atoms with Crippen LogP contribution in [0.3, 0.4) is 0 Å². The summed E-state index contributed by atoms with van der Waals surface area (Å²) in [5.74, 6) is -0.289. The molecule has 0 saturated carbocycles. The van der Waals surface area contributed by atoms with Gasteiger partial charge in [-0.3, -0.25) is 0 Å². The van der Waals surface area contributed by atoms with Crippen molar-refractivity contribution in [1.82, 2.24) is 0 Å². The van der Waals surface area contributed by atoms with Gasteiger partial charge in [0.2, 0.25) is 0 Å². The summed E-state index contributed by atoms with van der Waals surface area (Å²) in [6, 6.07) is 11.1. The van der Waals surface area contributed by atoms with Crippen LogP contribution in [0.15, 0.2) is 40.9 Å². The van der Waals surface area contributed by atoms with Crippen molar-refractivity contribution >= 4 is 39.1 Å². The van der Waals surface area contributed by atoms with E-state index < -0.39 is 6.10 Å². The van der Waals surface area contributed by atoms with Crippen LogP contribution in [0.5, 0.6) is 0 Å². The fraction of sp³-hybridized carbons (Fsp3) is 0.250. The lowest BCUT2D eigenvalue weighted by atomic mass is 9.87. The monoisotopic (exact) mass is 387 g/mol. The maximum atomic E-state index is 10.7. The normalized spacial score (nSPS) is 14.0. The number of hydrogen-bond acceptors (Lipinski definition) is 2. The van der Waals surface area contributed by atoms with Crippen molar-refractivity contribution in [2.75, 3.05) is 6.54 Å². The third-order valence-corrected chi connectivity index (χ3v) is 4.61. The molecule has 0 aliphatic heterocycles. The first-order chi connectivity index (χ1) is 9.93. The number of rotatable bonds is 4. The van der Waals surface area contributed by atoms with Crippen molar-refractivity contribution in [3.8, 4) is 0 Å². The van der Waals surface area contributed by atoms with E-state index in [1.807, 2.05) is 31.2 Å². The number of aliphatic hydroxyl groups is 1. The minimum atomic E-state index is -0.730. The first kappa shape index (κ1) is 16.8. The quantitative estimate of drug-likeness (QED) is 0.786. The Labute approximate surface area is 143 Å². The number of aryl methyl sites for hydroxylation is 1. The summed E-state index contributed by atoms with van der Waals surface area (Å²) in [7, 11) is 0. The zero-order valence-electron chi connectivity index (χ0n) is 11.5. The summed E-state index contributed by atoms with van der Waals surface area (Å²) in [6.45, 7) is 2.25. The molecule has 2 nitrogen and oxygen atoms in total. The second kappa shape index (κ2) is 7.12. The molecule has 0 heterocycles. The van der Waals surface area contributed by atoms with Crippen LogP contribution in [0.25, 0.3) is 0 Å². The summed E-state index contributed by atoms with van der Waals surface area (Å²) in [6.07, 6.45) is -0.730. The molecule has 2 unspecified atom stereocenters. The maximum absolute atomic E-state index is 10.7. The van der Waals surface area contributed by atoms with Crippen LogP contribution in [0, 0.1) is 6.92 Å². The number of nitrogens with two attached hydrogens (primary N) is 1. The van der Waals surface area contributed by atoms with Crippen molar-refractivity contribution in [1.29, 1.82) is 0 Å². The van der Waals surface area contributed by atoms with E-state index >= 15 is 0 Å². The first-order valence-electron chi connectivity index (χ1n) is 6.53. The van der Waals surface area contributed by atoms with E-state index in [1.54, 1.807) is 12.1 Å². The molecule has 3 N–H and O–H groups in total. The molecule has 2 atom stereocenters. The molecule has 0 aliphatic rings. The number of benzene rings is 2. The third-order valence-electron chi connectivity index (χ3n) is 3.56. The van der Waals surface area contributed by atoms with Gasteiger partial charge in [-0.05, 0) is 47.9 Å². The lowest BCUT2D eigenvalue weighted by molar-refractivity contribution is 0.146. The molecule has 0 saturated heterocycles. The molecular formula is C16H16BrCl2NO. The van der Waals surface area contributed by atoms with Crippen LogP contribution in [-0.2, 0) is 0 Å². The smallest absolute Gasteiger partial charge is 0.0874 e. The largest absolute Gasteiger partial charge is 0.388 e. The zero-order chi connectivity index (χ0) is 15.6. The predicted molar refractivity (Wildman–Crippen MR) is 92.1 cm³/mol. The highest BCUT2D eigenvalue weighted by Crippen LogP contribution is 2.37. The van der Waals surface area contributed by atoms with E-state index in [1.165, 1.54) is 0 Å². The summed E-state index contributed by atoms with van der Waals surface area (Å²) in [5, 5.41) is 11.8. The highest BCUT2D eigenvalue weighted by molar-refractivity contribution is 9.10. The van der Waals surface area contributed by atoms with Crippen LogP contribution in [-0.4, -0.2) is 11.7 Å². The molecule has 2 aromatic carbocycles. The fourth-order valence-corrected chi connectivity index (χ4v) is 3.30. The van der Waals surface area contributed by atoms with Gasteiger partial charge in [-0.2, -0.15) is 0 Å². The van der Waals surface area contributed by atoms with E-state index in [0.29, 0.717) is 10.0 Å². The molecule has 0 fully saturated rings. The Bertz CT molecular complexity index is 648. The SMILES string of the molecule is Cc1ccc(Br)cc1C(O)C(CN)c1ccc(Cl)cc1Cl. The summed E-state index contributed by atoms with van der Waals surface area (Å²) >= 11 is 15.6. The number of aliphatic hydroxyl groups excluding tert-OH is 1. The van der Waals surface area contributed by atoms with Gasteiger partial charge in [-0.15, -0.1) is 0 Å². The van der Waals surface area contributed by atoms with Gasteiger partial charge in [0, 0.05) is 27.0 Å². The van der Waals surface area contributed by atoms with Gasteiger partial charge < -0.3 is 10.8 Å². The van der Waals surface area contributed by atoms with Crippen molar-refractivity contribution < 1.29 is 5.11 Å². The first-order valence-corrected chi connectivity index (χ1v) is 8.08. The molecule has 0 aromatic heterocycles. The van der Waals surface area contributed by atoms with Crippen molar-refractivity contribution in [3.05, 3.63) is 67.6 Å². The molecular weight excluding hydrogens is 373 g/mol.